The summed E-state index contributed by atoms with van der Waals surface area (Å²) in [6, 6.07) is 8.44. The molecule has 0 saturated heterocycles. The second-order valence-corrected chi connectivity index (χ2v) is 4.52. The largest absolute Gasteiger partial charge is 0.330 e. The number of rotatable bonds is 4. The van der Waals surface area contributed by atoms with Gasteiger partial charge in [0.05, 0.1) is 17.3 Å². The van der Waals surface area contributed by atoms with Crippen LogP contribution in [0.1, 0.15) is 16.8 Å². The zero-order valence-corrected chi connectivity index (χ0v) is 10.6. The first-order valence-corrected chi connectivity index (χ1v) is 6.04. The summed E-state index contributed by atoms with van der Waals surface area (Å²) < 4.78 is 1.86. The zero-order valence-electron chi connectivity index (χ0n) is 9.86. The molecule has 17 heavy (non-hydrogen) atoms. The molecule has 0 saturated carbocycles. The van der Waals surface area contributed by atoms with Crippen LogP contribution in [0, 0.1) is 6.92 Å². The van der Waals surface area contributed by atoms with Crippen molar-refractivity contribution in [2.75, 3.05) is 6.54 Å². The van der Waals surface area contributed by atoms with Gasteiger partial charge < -0.3 is 5.73 Å². The Kier molecular flexibility index (Phi) is 3.82. The monoisotopic (exact) mass is 249 g/mol. The number of halogens is 1. The van der Waals surface area contributed by atoms with E-state index in [4.69, 9.17) is 17.3 Å². The van der Waals surface area contributed by atoms with Gasteiger partial charge in [-0.3, -0.25) is 4.68 Å². The Hall–Kier alpha value is -1.32. The second-order valence-electron chi connectivity index (χ2n) is 4.12. The normalized spacial score (nSPS) is 10.8. The molecule has 2 N–H and O–H groups in total. The van der Waals surface area contributed by atoms with E-state index in [1.54, 1.807) is 0 Å². The van der Waals surface area contributed by atoms with Crippen LogP contribution in [0.4, 0.5) is 0 Å². The first kappa shape index (κ1) is 12.1. The summed E-state index contributed by atoms with van der Waals surface area (Å²) in [5.41, 5.74) is 8.86. The van der Waals surface area contributed by atoms with Crippen molar-refractivity contribution < 1.29 is 0 Å². The van der Waals surface area contributed by atoms with Crippen LogP contribution >= 0.6 is 11.6 Å². The molecule has 2 aromatic rings. The molecule has 0 bridgehead atoms. The van der Waals surface area contributed by atoms with E-state index in [2.05, 4.69) is 29.4 Å². The van der Waals surface area contributed by atoms with E-state index in [1.807, 2.05) is 17.8 Å². The van der Waals surface area contributed by atoms with E-state index < -0.39 is 0 Å². The lowest BCUT2D eigenvalue weighted by Gasteiger charge is -2.03. The van der Waals surface area contributed by atoms with Crippen LogP contribution in [0.25, 0.3) is 0 Å². The third kappa shape index (κ3) is 3.08. The van der Waals surface area contributed by atoms with E-state index in [1.165, 1.54) is 11.1 Å². The van der Waals surface area contributed by atoms with Crippen LogP contribution in [0.2, 0.25) is 5.02 Å². The third-order valence-corrected chi connectivity index (χ3v) is 3.06. The number of nitrogens with two attached hydrogens (primary N) is 1. The summed E-state index contributed by atoms with van der Waals surface area (Å²) in [7, 11) is 0. The van der Waals surface area contributed by atoms with Crippen LogP contribution in [0.5, 0.6) is 0 Å². The van der Waals surface area contributed by atoms with Gasteiger partial charge in [-0.05, 0) is 31.0 Å². The second kappa shape index (κ2) is 5.34. The van der Waals surface area contributed by atoms with Gasteiger partial charge in [0, 0.05) is 6.20 Å². The van der Waals surface area contributed by atoms with Gasteiger partial charge in [-0.15, -0.1) is 0 Å². The molecule has 4 heteroatoms. The van der Waals surface area contributed by atoms with Gasteiger partial charge in [0.2, 0.25) is 0 Å². The predicted octanol–water partition coefficient (Wildman–Crippen LogP) is 2.39. The van der Waals surface area contributed by atoms with E-state index in [0.717, 1.165) is 18.7 Å². The Bertz CT molecular complexity index is 468. The highest BCUT2D eigenvalue weighted by atomic mass is 35.5. The van der Waals surface area contributed by atoms with Crippen LogP contribution in [-0.4, -0.2) is 16.3 Å². The maximum Gasteiger partial charge on any atom is 0.0815 e. The molecule has 0 unspecified atom stereocenters. The summed E-state index contributed by atoms with van der Waals surface area (Å²) >= 11 is 5.96. The predicted molar refractivity (Wildman–Crippen MR) is 70.3 cm³/mol. The molecule has 90 valence electrons. The van der Waals surface area contributed by atoms with Crippen molar-refractivity contribution in [2.45, 2.75) is 19.9 Å². The summed E-state index contributed by atoms with van der Waals surface area (Å²) in [5, 5.41) is 5.04. The van der Waals surface area contributed by atoms with E-state index in [-0.39, 0.29) is 0 Å². The van der Waals surface area contributed by atoms with Crippen molar-refractivity contribution in [2.24, 2.45) is 5.73 Å². The molecular formula is C13H16ClN3. The van der Waals surface area contributed by atoms with Crippen molar-refractivity contribution in [3.63, 3.8) is 0 Å². The molecule has 0 radical (unpaired) electrons. The summed E-state index contributed by atoms with van der Waals surface area (Å²) in [5.74, 6) is 0. The van der Waals surface area contributed by atoms with E-state index in [0.29, 0.717) is 11.6 Å². The highest BCUT2D eigenvalue weighted by molar-refractivity contribution is 6.31. The van der Waals surface area contributed by atoms with Crippen LogP contribution in [-0.2, 0) is 13.0 Å². The van der Waals surface area contributed by atoms with Gasteiger partial charge in [-0.25, -0.2) is 0 Å². The topological polar surface area (TPSA) is 43.8 Å². The smallest absolute Gasteiger partial charge is 0.0815 e. The molecule has 0 aliphatic carbocycles. The van der Waals surface area contributed by atoms with E-state index >= 15 is 0 Å². The highest BCUT2D eigenvalue weighted by Crippen LogP contribution is 2.13. The SMILES string of the molecule is Cc1nn(Cc2ccc(CCN)cc2)cc1Cl. The van der Waals surface area contributed by atoms with Crippen molar-refractivity contribution >= 4 is 11.6 Å². The van der Waals surface area contributed by atoms with Crippen molar-refractivity contribution in [3.05, 3.63) is 52.3 Å². The number of hydrogen-bond donors (Lipinski definition) is 1. The standard InChI is InChI=1S/C13H16ClN3/c1-10-13(14)9-17(16-10)8-12-4-2-11(3-5-12)6-7-15/h2-5,9H,6-8,15H2,1H3. The highest BCUT2D eigenvalue weighted by Gasteiger charge is 2.02. The maximum atomic E-state index is 5.96. The van der Waals surface area contributed by atoms with Gasteiger partial charge in [0.25, 0.3) is 0 Å². The van der Waals surface area contributed by atoms with Gasteiger partial charge in [-0.1, -0.05) is 35.9 Å². The number of hydrogen-bond acceptors (Lipinski definition) is 2. The Balaban J connectivity index is 2.08. The summed E-state index contributed by atoms with van der Waals surface area (Å²) in [6.45, 7) is 3.34. The van der Waals surface area contributed by atoms with Crippen molar-refractivity contribution in [1.29, 1.82) is 0 Å². The molecule has 0 aliphatic rings. The number of aromatic nitrogens is 2. The Labute approximate surface area is 106 Å². The molecule has 3 nitrogen and oxygen atoms in total. The lowest BCUT2D eigenvalue weighted by molar-refractivity contribution is 0.679. The minimum atomic E-state index is 0.688. The molecule has 1 aromatic carbocycles. The summed E-state index contributed by atoms with van der Waals surface area (Å²) in [4.78, 5) is 0. The molecule has 1 aromatic heterocycles. The fourth-order valence-electron chi connectivity index (χ4n) is 1.74. The lowest BCUT2D eigenvalue weighted by Crippen LogP contribution is -2.03. The molecule has 0 atom stereocenters. The first-order chi connectivity index (χ1) is 8.19. The molecule has 0 spiro atoms. The molecule has 2 rings (SSSR count). The van der Waals surface area contributed by atoms with Crippen molar-refractivity contribution in [1.82, 2.24) is 9.78 Å². The molecule has 0 amide bonds. The van der Waals surface area contributed by atoms with Gasteiger partial charge >= 0.3 is 0 Å². The maximum absolute atomic E-state index is 5.96. The minimum absolute atomic E-state index is 0.688. The first-order valence-electron chi connectivity index (χ1n) is 5.66. The third-order valence-electron chi connectivity index (χ3n) is 2.69. The Morgan fingerprint density at radius 2 is 1.88 bits per heavy atom. The minimum Gasteiger partial charge on any atom is -0.330 e. The quantitative estimate of drug-likeness (QED) is 0.904. The average molecular weight is 250 g/mol. The summed E-state index contributed by atoms with van der Waals surface area (Å²) in [6.07, 6.45) is 2.78. The van der Waals surface area contributed by atoms with Gasteiger partial charge in [0.15, 0.2) is 0 Å². The van der Waals surface area contributed by atoms with Crippen LogP contribution < -0.4 is 5.73 Å². The molecule has 0 aliphatic heterocycles. The number of aryl methyl sites for hydroxylation is 1. The van der Waals surface area contributed by atoms with Gasteiger partial charge in [-0.2, -0.15) is 5.10 Å². The Morgan fingerprint density at radius 3 is 2.41 bits per heavy atom. The molecule has 1 heterocycles. The van der Waals surface area contributed by atoms with Gasteiger partial charge in [0.1, 0.15) is 0 Å². The average Bonchev–Trinajstić information content (AvgIpc) is 2.61. The van der Waals surface area contributed by atoms with E-state index in [9.17, 15) is 0 Å². The Morgan fingerprint density at radius 1 is 1.24 bits per heavy atom. The fourth-order valence-corrected chi connectivity index (χ4v) is 1.89. The van der Waals surface area contributed by atoms with Crippen LogP contribution in [0.15, 0.2) is 30.5 Å². The van der Waals surface area contributed by atoms with Crippen molar-refractivity contribution in [3.8, 4) is 0 Å². The fraction of sp³-hybridized carbons (Fsp3) is 0.308. The number of benzene rings is 1. The molecular weight excluding hydrogens is 234 g/mol. The van der Waals surface area contributed by atoms with Crippen LogP contribution in [0.3, 0.4) is 0 Å². The number of nitrogens with zero attached hydrogens (tertiary/aromatic N) is 2. The lowest BCUT2D eigenvalue weighted by atomic mass is 10.1. The zero-order chi connectivity index (χ0) is 12.3. The molecule has 0 fully saturated rings.